The molecule has 2 aromatic rings. The van der Waals surface area contributed by atoms with Crippen LogP contribution in [0.25, 0.3) is 10.9 Å². The lowest BCUT2D eigenvalue weighted by molar-refractivity contribution is -0.132. The van der Waals surface area contributed by atoms with E-state index in [9.17, 15) is 9.59 Å². The van der Waals surface area contributed by atoms with Gasteiger partial charge in [-0.2, -0.15) is 0 Å². The second-order valence-corrected chi connectivity index (χ2v) is 7.06. The van der Waals surface area contributed by atoms with Crippen molar-refractivity contribution in [3.8, 4) is 0 Å². The van der Waals surface area contributed by atoms with E-state index >= 15 is 0 Å². The van der Waals surface area contributed by atoms with Gasteiger partial charge in [-0.05, 0) is 44.1 Å². The summed E-state index contributed by atoms with van der Waals surface area (Å²) >= 11 is 3.37. The highest BCUT2D eigenvalue weighted by Crippen LogP contribution is 2.15. The van der Waals surface area contributed by atoms with Gasteiger partial charge in [0.05, 0.1) is 17.2 Å². The van der Waals surface area contributed by atoms with E-state index in [1.54, 1.807) is 12.1 Å². The number of aromatic nitrogens is 2. The maximum atomic E-state index is 12.5. The van der Waals surface area contributed by atoms with Gasteiger partial charge in [0.2, 0.25) is 5.91 Å². The molecule has 1 fully saturated rings. The summed E-state index contributed by atoms with van der Waals surface area (Å²) in [5.41, 5.74) is 0.552. The van der Waals surface area contributed by atoms with E-state index in [1.165, 1.54) is 10.9 Å². The molecule has 1 aliphatic rings. The van der Waals surface area contributed by atoms with Crippen molar-refractivity contribution in [2.75, 3.05) is 20.1 Å². The summed E-state index contributed by atoms with van der Waals surface area (Å²) in [5, 5.41) is 3.86. The Kier molecular flexibility index (Phi) is 6.98. The summed E-state index contributed by atoms with van der Waals surface area (Å²) < 4.78 is 2.36. The van der Waals surface area contributed by atoms with E-state index in [0.29, 0.717) is 29.9 Å². The second kappa shape index (κ2) is 8.78. The molecule has 8 heteroatoms. The van der Waals surface area contributed by atoms with Crippen LogP contribution in [-0.2, 0) is 11.3 Å². The number of hydrogen-bond donors (Lipinski definition) is 1. The fraction of sp³-hybridized carbons (Fsp3) is 0.471. The van der Waals surface area contributed by atoms with Crippen molar-refractivity contribution in [2.45, 2.75) is 31.8 Å². The first-order chi connectivity index (χ1) is 11.6. The van der Waals surface area contributed by atoms with E-state index in [1.807, 2.05) is 18.0 Å². The minimum Gasteiger partial charge on any atom is -0.343 e. The zero-order valence-electron chi connectivity index (χ0n) is 14.1. The van der Waals surface area contributed by atoms with Gasteiger partial charge in [0.15, 0.2) is 0 Å². The monoisotopic (exact) mass is 428 g/mol. The standard InChI is InChI=1S/C17H21BrN4O2.ClH/c1-21(13-4-7-19-8-5-13)16(23)6-9-22-11-20-15-3-2-12(18)10-14(15)17(22)24;/h2-3,10-11,13,19H,4-9H2,1H3;1H. The summed E-state index contributed by atoms with van der Waals surface area (Å²) in [6.07, 6.45) is 3.79. The molecule has 1 aliphatic heterocycles. The smallest absolute Gasteiger partial charge is 0.261 e. The number of nitrogens with zero attached hydrogens (tertiary/aromatic N) is 3. The Hall–Kier alpha value is -1.44. The number of rotatable bonds is 4. The third-order valence-corrected chi connectivity index (χ3v) is 5.10. The first kappa shape index (κ1) is 19.9. The Morgan fingerprint density at radius 2 is 2.12 bits per heavy atom. The summed E-state index contributed by atoms with van der Waals surface area (Å²) in [6.45, 7) is 2.25. The molecular weight excluding hydrogens is 408 g/mol. The van der Waals surface area contributed by atoms with Crippen molar-refractivity contribution in [1.29, 1.82) is 0 Å². The van der Waals surface area contributed by atoms with Crippen LogP contribution >= 0.6 is 28.3 Å². The lowest BCUT2D eigenvalue weighted by atomic mass is 10.1. The van der Waals surface area contributed by atoms with Crippen LogP contribution in [0.3, 0.4) is 0 Å². The van der Waals surface area contributed by atoms with E-state index in [0.717, 1.165) is 30.4 Å². The molecule has 6 nitrogen and oxygen atoms in total. The Morgan fingerprint density at radius 1 is 1.40 bits per heavy atom. The third kappa shape index (κ3) is 4.59. The number of halogens is 2. The third-order valence-electron chi connectivity index (χ3n) is 4.60. The number of hydrogen-bond acceptors (Lipinski definition) is 4. The molecule has 1 saturated heterocycles. The lowest BCUT2D eigenvalue weighted by Crippen LogP contribution is -2.44. The number of piperidine rings is 1. The van der Waals surface area contributed by atoms with Crippen LogP contribution in [0, 0.1) is 0 Å². The predicted octanol–water partition coefficient (Wildman–Crippen LogP) is 2.18. The Balaban J connectivity index is 0.00000225. The molecule has 0 spiro atoms. The Bertz CT molecular complexity index is 805. The number of carbonyl (C=O) groups excluding carboxylic acids is 1. The average molecular weight is 430 g/mol. The molecule has 0 aliphatic carbocycles. The molecule has 1 N–H and O–H groups in total. The quantitative estimate of drug-likeness (QED) is 0.809. The van der Waals surface area contributed by atoms with Crippen molar-refractivity contribution >= 4 is 45.1 Å². The van der Waals surface area contributed by atoms with E-state index in [2.05, 4.69) is 26.2 Å². The molecule has 0 radical (unpaired) electrons. The molecule has 0 unspecified atom stereocenters. The predicted molar refractivity (Wildman–Crippen MR) is 104 cm³/mol. The van der Waals surface area contributed by atoms with Gasteiger partial charge in [-0.1, -0.05) is 15.9 Å². The molecular formula is C17H22BrClN4O2. The molecule has 136 valence electrons. The Morgan fingerprint density at radius 3 is 2.84 bits per heavy atom. The van der Waals surface area contributed by atoms with Gasteiger partial charge in [0.25, 0.3) is 5.56 Å². The minimum atomic E-state index is -0.112. The van der Waals surface area contributed by atoms with Crippen molar-refractivity contribution in [2.24, 2.45) is 0 Å². The summed E-state index contributed by atoms with van der Waals surface area (Å²) in [4.78, 5) is 31.1. The van der Waals surface area contributed by atoms with Crippen LogP contribution in [0.5, 0.6) is 0 Å². The van der Waals surface area contributed by atoms with Gasteiger partial charge >= 0.3 is 0 Å². The van der Waals surface area contributed by atoms with Crippen molar-refractivity contribution in [3.05, 3.63) is 39.4 Å². The molecule has 25 heavy (non-hydrogen) atoms. The fourth-order valence-electron chi connectivity index (χ4n) is 3.08. The maximum absolute atomic E-state index is 12.5. The zero-order valence-corrected chi connectivity index (χ0v) is 16.5. The van der Waals surface area contributed by atoms with Crippen LogP contribution < -0.4 is 10.9 Å². The van der Waals surface area contributed by atoms with Gasteiger partial charge in [0, 0.05) is 30.5 Å². The molecule has 1 amide bonds. The van der Waals surface area contributed by atoms with E-state index in [-0.39, 0.29) is 23.9 Å². The highest BCUT2D eigenvalue weighted by atomic mass is 79.9. The first-order valence-electron chi connectivity index (χ1n) is 8.17. The summed E-state index contributed by atoms with van der Waals surface area (Å²) in [7, 11) is 1.86. The molecule has 0 atom stereocenters. The fourth-order valence-corrected chi connectivity index (χ4v) is 3.44. The number of nitrogens with one attached hydrogen (secondary N) is 1. The molecule has 2 heterocycles. The van der Waals surface area contributed by atoms with Crippen LogP contribution in [0.2, 0.25) is 0 Å². The number of carbonyl (C=O) groups is 1. The molecule has 0 bridgehead atoms. The molecule has 0 saturated carbocycles. The minimum absolute atomic E-state index is 0. The maximum Gasteiger partial charge on any atom is 0.261 e. The van der Waals surface area contributed by atoms with Gasteiger partial charge in [0.1, 0.15) is 0 Å². The SMILES string of the molecule is CN(C(=O)CCn1cnc2ccc(Br)cc2c1=O)C1CCNCC1.Cl. The molecule has 1 aromatic heterocycles. The number of amides is 1. The van der Waals surface area contributed by atoms with Gasteiger partial charge < -0.3 is 10.2 Å². The topological polar surface area (TPSA) is 67.2 Å². The van der Waals surface area contributed by atoms with E-state index in [4.69, 9.17) is 0 Å². The Labute approximate surface area is 161 Å². The van der Waals surface area contributed by atoms with Crippen LogP contribution in [0.15, 0.2) is 33.8 Å². The van der Waals surface area contributed by atoms with Crippen LogP contribution in [0.1, 0.15) is 19.3 Å². The van der Waals surface area contributed by atoms with E-state index < -0.39 is 0 Å². The number of aryl methyl sites for hydroxylation is 1. The van der Waals surface area contributed by atoms with Gasteiger partial charge in [-0.3, -0.25) is 14.2 Å². The molecule has 1 aromatic carbocycles. The molecule has 3 rings (SSSR count). The van der Waals surface area contributed by atoms with Crippen molar-refractivity contribution in [3.63, 3.8) is 0 Å². The lowest BCUT2D eigenvalue weighted by Gasteiger charge is -2.31. The van der Waals surface area contributed by atoms with Crippen LogP contribution in [0.4, 0.5) is 0 Å². The normalized spacial score (nSPS) is 15.0. The van der Waals surface area contributed by atoms with Crippen molar-refractivity contribution < 1.29 is 4.79 Å². The summed E-state index contributed by atoms with van der Waals surface area (Å²) in [6, 6.07) is 5.73. The van der Waals surface area contributed by atoms with Gasteiger partial charge in [-0.25, -0.2) is 4.98 Å². The first-order valence-corrected chi connectivity index (χ1v) is 8.96. The largest absolute Gasteiger partial charge is 0.343 e. The highest BCUT2D eigenvalue weighted by Gasteiger charge is 2.21. The number of benzene rings is 1. The van der Waals surface area contributed by atoms with Gasteiger partial charge in [-0.15, -0.1) is 12.4 Å². The average Bonchev–Trinajstić information content (AvgIpc) is 2.61. The zero-order chi connectivity index (χ0) is 17.1. The summed E-state index contributed by atoms with van der Waals surface area (Å²) in [5.74, 6) is 0.0724. The highest BCUT2D eigenvalue weighted by molar-refractivity contribution is 9.10. The van der Waals surface area contributed by atoms with Crippen molar-refractivity contribution in [1.82, 2.24) is 19.8 Å². The second-order valence-electron chi connectivity index (χ2n) is 6.14. The number of fused-ring (bicyclic) bond motifs is 1. The van der Waals surface area contributed by atoms with Crippen LogP contribution in [-0.4, -0.2) is 46.5 Å².